The van der Waals surface area contributed by atoms with Crippen LogP contribution in [0.25, 0.3) is 0 Å². The molecule has 3 aromatic rings. The Morgan fingerprint density at radius 1 is 1.00 bits per heavy atom. The first-order valence-electron chi connectivity index (χ1n) is 11.4. The van der Waals surface area contributed by atoms with Crippen molar-refractivity contribution in [1.29, 1.82) is 0 Å². The van der Waals surface area contributed by atoms with Gasteiger partial charge in [-0.25, -0.2) is 4.39 Å². The molecule has 0 spiro atoms. The topological polar surface area (TPSA) is 76.4 Å². The molecular formula is C26H30FN3O5. The molecule has 2 aromatic carbocycles. The van der Waals surface area contributed by atoms with Gasteiger partial charge in [0.05, 0.1) is 39.3 Å². The van der Waals surface area contributed by atoms with Gasteiger partial charge in [-0.2, -0.15) is 0 Å². The number of furan rings is 1. The van der Waals surface area contributed by atoms with E-state index in [0.717, 1.165) is 5.76 Å². The standard InChI is InChI=1S/C26H30FN3O5/c1-32-23-15-18(16-24(33-2)25(23)34-3)26(31)28-17-21(22-9-6-14-35-22)30-12-10-29(11-13-30)20-8-5-4-7-19(20)27/h4-9,14-16,21H,10-13,17H2,1-3H3,(H,28,31)/t21-/m0/s1. The molecule has 9 heteroatoms. The van der Waals surface area contributed by atoms with Gasteiger partial charge in [-0.3, -0.25) is 9.69 Å². The molecule has 0 saturated carbocycles. The van der Waals surface area contributed by atoms with Crippen molar-refractivity contribution < 1.29 is 27.8 Å². The number of nitrogens with zero attached hydrogens (tertiary/aromatic N) is 2. The number of ether oxygens (including phenoxy) is 3. The van der Waals surface area contributed by atoms with E-state index in [1.165, 1.54) is 27.4 Å². The SMILES string of the molecule is COc1cc(C(=O)NC[C@@H](c2ccco2)N2CCN(c3ccccc3F)CC2)cc(OC)c1OC. The number of benzene rings is 2. The van der Waals surface area contributed by atoms with E-state index in [2.05, 4.69) is 10.2 Å². The van der Waals surface area contributed by atoms with E-state index in [4.69, 9.17) is 18.6 Å². The highest BCUT2D eigenvalue weighted by molar-refractivity contribution is 5.95. The lowest BCUT2D eigenvalue weighted by Gasteiger charge is -2.39. The van der Waals surface area contributed by atoms with Crippen LogP contribution in [-0.4, -0.2) is 64.9 Å². The number of piperazine rings is 1. The number of halogens is 1. The summed E-state index contributed by atoms with van der Waals surface area (Å²) in [5.41, 5.74) is 1.000. The van der Waals surface area contributed by atoms with Crippen LogP contribution >= 0.6 is 0 Å². The lowest BCUT2D eigenvalue weighted by molar-refractivity contribution is 0.0922. The Morgan fingerprint density at radius 2 is 1.69 bits per heavy atom. The Labute approximate surface area is 204 Å². The van der Waals surface area contributed by atoms with E-state index in [1.807, 2.05) is 23.1 Å². The summed E-state index contributed by atoms with van der Waals surface area (Å²) in [6.45, 7) is 3.06. The molecule has 1 fully saturated rings. The number of rotatable bonds is 9. The smallest absolute Gasteiger partial charge is 0.251 e. The predicted molar refractivity (Wildman–Crippen MR) is 130 cm³/mol. The number of amides is 1. The molecule has 1 aliphatic heterocycles. The molecule has 0 bridgehead atoms. The first kappa shape index (κ1) is 24.4. The second-order valence-corrected chi connectivity index (χ2v) is 8.13. The maximum absolute atomic E-state index is 14.2. The Balaban J connectivity index is 1.46. The number of para-hydroxylation sites is 1. The third-order valence-electron chi connectivity index (χ3n) is 6.20. The number of methoxy groups -OCH3 is 3. The van der Waals surface area contributed by atoms with E-state index in [-0.39, 0.29) is 17.8 Å². The third kappa shape index (κ3) is 5.35. The molecule has 8 nitrogen and oxygen atoms in total. The van der Waals surface area contributed by atoms with E-state index in [0.29, 0.717) is 61.2 Å². The van der Waals surface area contributed by atoms with Gasteiger partial charge in [0, 0.05) is 38.3 Å². The Bertz CT molecular complexity index is 1100. The minimum absolute atomic E-state index is 0.168. The second-order valence-electron chi connectivity index (χ2n) is 8.13. The summed E-state index contributed by atoms with van der Waals surface area (Å²) in [6.07, 6.45) is 1.62. The Morgan fingerprint density at radius 3 is 2.26 bits per heavy atom. The van der Waals surface area contributed by atoms with Crippen molar-refractivity contribution >= 4 is 11.6 Å². The van der Waals surface area contributed by atoms with Crippen molar-refractivity contribution in [3.05, 3.63) is 71.9 Å². The van der Waals surface area contributed by atoms with Crippen LogP contribution in [0.15, 0.2) is 59.2 Å². The van der Waals surface area contributed by atoms with Gasteiger partial charge in [-0.1, -0.05) is 12.1 Å². The molecule has 35 heavy (non-hydrogen) atoms. The van der Waals surface area contributed by atoms with Crippen molar-refractivity contribution in [1.82, 2.24) is 10.2 Å². The van der Waals surface area contributed by atoms with Crippen molar-refractivity contribution in [3.8, 4) is 17.2 Å². The van der Waals surface area contributed by atoms with Crippen LogP contribution in [0.3, 0.4) is 0 Å². The molecule has 1 amide bonds. The number of carbonyl (C=O) groups excluding carboxylic acids is 1. The normalized spacial score (nSPS) is 14.9. The van der Waals surface area contributed by atoms with Crippen LogP contribution in [0.2, 0.25) is 0 Å². The lowest BCUT2D eigenvalue weighted by atomic mass is 10.1. The molecule has 2 heterocycles. The van der Waals surface area contributed by atoms with E-state index in [1.54, 1.807) is 30.5 Å². The zero-order chi connectivity index (χ0) is 24.8. The molecule has 0 radical (unpaired) electrons. The maximum Gasteiger partial charge on any atom is 0.251 e. The zero-order valence-electron chi connectivity index (χ0n) is 20.1. The summed E-state index contributed by atoms with van der Waals surface area (Å²) in [5.74, 6) is 1.50. The molecule has 186 valence electrons. The average molecular weight is 484 g/mol. The van der Waals surface area contributed by atoms with E-state index in [9.17, 15) is 9.18 Å². The monoisotopic (exact) mass is 483 g/mol. The van der Waals surface area contributed by atoms with Crippen LogP contribution < -0.4 is 24.4 Å². The van der Waals surface area contributed by atoms with Crippen LogP contribution in [0.4, 0.5) is 10.1 Å². The molecule has 0 aliphatic carbocycles. The summed E-state index contributed by atoms with van der Waals surface area (Å²) in [6, 6.07) is 13.6. The zero-order valence-corrected chi connectivity index (χ0v) is 20.1. The lowest BCUT2D eigenvalue weighted by Crippen LogP contribution is -2.50. The Hall–Kier alpha value is -3.72. The van der Waals surface area contributed by atoms with Crippen molar-refractivity contribution in [3.63, 3.8) is 0 Å². The van der Waals surface area contributed by atoms with Crippen molar-refractivity contribution in [2.24, 2.45) is 0 Å². The summed E-state index contributed by atoms with van der Waals surface area (Å²) in [7, 11) is 4.53. The molecule has 1 atom stereocenters. The fourth-order valence-corrected chi connectivity index (χ4v) is 4.38. The summed E-state index contributed by atoms with van der Waals surface area (Å²) in [5, 5.41) is 3.01. The van der Waals surface area contributed by atoms with E-state index < -0.39 is 0 Å². The predicted octanol–water partition coefficient (Wildman–Crippen LogP) is 3.74. The summed E-state index contributed by atoms with van der Waals surface area (Å²) in [4.78, 5) is 17.3. The van der Waals surface area contributed by atoms with Gasteiger partial charge in [-0.15, -0.1) is 0 Å². The highest BCUT2D eigenvalue weighted by Gasteiger charge is 2.28. The van der Waals surface area contributed by atoms with Gasteiger partial charge in [0.25, 0.3) is 5.91 Å². The summed E-state index contributed by atoms with van der Waals surface area (Å²) >= 11 is 0. The molecule has 1 aliphatic rings. The average Bonchev–Trinajstić information content (AvgIpc) is 3.43. The van der Waals surface area contributed by atoms with Crippen LogP contribution in [-0.2, 0) is 0 Å². The highest BCUT2D eigenvalue weighted by Crippen LogP contribution is 2.38. The molecule has 1 saturated heterocycles. The third-order valence-corrected chi connectivity index (χ3v) is 6.20. The van der Waals surface area contributed by atoms with E-state index >= 15 is 0 Å². The highest BCUT2D eigenvalue weighted by atomic mass is 19.1. The number of nitrogens with one attached hydrogen (secondary N) is 1. The minimum atomic E-state index is -0.272. The van der Waals surface area contributed by atoms with Gasteiger partial charge >= 0.3 is 0 Å². The quantitative estimate of drug-likeness (QED) is 0.497. The van der Waals surface area contributed by atoms with Gasteiger partial charge < -0.3 is 28.8 Å². The Kier molecular flexibility index (Phi) is 7.77. The molecule has 1 N–H and O–H groups in total. The number of carbonyl (C=O) groups is 1. The fourth-order valence-electron chi connectivity index (χ4n) is 4.38. The number of anilines is 1. The minimum Gasteiger partial charge on any atom is -0.493 e. The first-order chi connectivity index (χ1) is 17.0. The summed E-state index contributed by atoms with van der Waals surface area (Å²) < 4.78 is 36.0. The maximum atomic E-state index is 14.2. The molecule has 1 aromatic heterocycles. The van der Waals surface area contributed by atoms with Gasteiger partial charge in [0.15, 0.2) is 11.5 Å². The first-order valence-corrected chi connectivity index (χ1v) is 11.4. The van der Waals surface area contributed by atoms with Crippen LogP contribution in [0, 0.1) is 5.82 Å². The molecule has 4 rings (SSSR count). The van der Waals surface area contributed by atoms with Gasteiger partial charge in [0.2, 0.25) is 5.75 Å². The number of hydrogen-bond donors (Lipinski definition) is 1. The van der Waals surface area contributed by atoms with Crippen molar-refractivity contribution in [2.45, 2.75) is 6.04 Å². The molecule has 0 unspecified atom stereocenters. The van der Waals surface area contributed by atoms with Crippen LogP contribution in [0.1, 0.15) is 22.2 Å². The van der Waals surface area contributed by atoms with Gasteiger partial charge in [-0.05, 0) is 36.4 Å². The van der Waals surface area contributed by atoms with Crippen molar-refractivity contribution in [2.75, 3.05) is 59.0 Å². The molecular weight excluding hydrogens is 453 g/mol. The second kappa shape index (κ2) is 11.1. The number of hydrogen-bond acceptors (Lipinski definition) is 7. The van der Waals surface area contributed by atoms with Crippen LogP contribution in [0.5, 0.6) is 17.2 Å². The van der Waals surface area contributed by atoms with Gasteiger partial charge in [0.1, 0.15) is 11.6 Å². The fraction of sp³-hybridized carbons (Fsp3) is 0.346. The largest absolute Gasteiger partial charge is 0.493 e.